The molecular weight excluding hydrogens is 288 g/mol. The van der Waals surface area contributed by atoms with Crippen LogP contribution in [0.25, 0.3) is 0 Å². The number of anilines is 2. The number of nitrogens with zero attached hydrogens (tertiary/aromatic N) is 2. The fourth-order valence-electron chi connectivity index (χ4n) is 2.43. The molecule has 0 fully saturated rings. The normalized spacial score (nSPS) is 13.4. The Kier molecular flexibility index (Phi) is 6.00. The highest BCUT2D eigenvalue weighted by molar-refractivity contribution is 7.89. The molecule has 0 saturated heterocycles. The van der Waals surface area contributed by atoms with Crippen molar-refractivity contribution in [2.75, 3.05) is 44.9 Å². The molecule has 21 heavy (non-hydrogen) atoms. The Morgan fingerprint density at radius 1 is 1.33 bits per heavy atom. The van der Waals surface area contributed by atoms with Gasteiger partial charge in [0.05, 0.1) is 16.3 Å². The quantitative estimate of drug-likeness (QED) is 0.733. The Bertz CT molecular complexity index is 572. The van der Waals surface area contributed by atoms with Gasteiger partial charge >= 0.3 is 0 Å². The Balaban J connectivity index is 3.13. The molecule has 0 radical (unpaired) electrons. The van der Waals surface area contributed by atoms with Crippen LogP contribution in [0.1, 0.15) is 13.8 Å². The smallest absolute Gasteiger partial charge is 0.240 e. The van der Waals surface area contributed by atoms with Crippen LogP contribution in [0.15, 0.2) is 23.1 Å². The first-order chi connectivity index (χ1) is 9.72. The highest BCUT2D eigenvalue weighted by Gasteiger charge is 2.18. The zero-order valence-electron chi connectivity index (χ0n) is 13.4. The third kappa shape index (κ3) is 4.33. The molecule has 0 bridgehead atoms. The molecule has 7 heteroatoms. The molecule has 6 nitrogen and oxygen atoms in total. The minimum Gasteiger partial charge on any atom is -0.397 e. The van der Waals surface area contributed by atoms with Gasteiger partial charge < -0.3 is 15.5 Å². The van der Waals surface area contributed by atoms with Gasteiger partial charge in [-0.1, -0.05) is 0 Å². The number of nitrogen functional groups attached to an aromatic ring is 1. The summed E-state index contributed by atoms with van der Waals surface area (Å²) in [5.41, 5.74) is 7.40. The second-order valence-electron chi connectivity index (χ2n) is 5.33. The number of rotatable bonds is 7. The second-order valence-corrected chi connectivity index (χ2v) is 7.21. The molecule has 0 spiro atoms. The minimum absolute atomic E-state index is 0.183. The number of hydrogen-bond donors (Lipinski definition) is 2. The maximum Gasteiger partial charge on any atom is 0.240 e. The third-order valence-corrected chi connectivity index (χ3v) is 4.80. The van der Waals surface area contributed by atoms with Gasteiger partial charge in [-0.3, -0.25) is 0 Å². The highest BCUT2D eigenvalue weighted by Crippen LogP contribution is 2.27. The largest absolute Gasteiger partial charge is 0.397 e. The SMILES string of the molecule is CCN(c1ccc(S(=O)(=O)NC)cc1N)C(C)CN(C)C. The maximum atomic E-state index is 11.8. The molecule has 0 saturated carbocycles. The first kappa shape index (κ1) is 17.7. The molecular formula is C14H26N4O2S. The van der Waals surface area contributed by atoms with Crippen molar-refractivity contribution in [2.45, 2.75) is 24.8 Å². The van der Waals surface area contributed by atoms with Gasteiger partial charge in [0.25, 0.3) is 0 Å². The maximum absolute atomic E-state index is 11.8. The number of nitrogens with two attached hydrogens (primary N) is 1. The molecule has 0 aromatic heterocycles. The van der Waals surface area contributed by atoms with E-state index in [9.17, 15) is 8.42 Å². The van der Waals surface area contributed by atoms with E-state index in [-0.39, 0.29) is 10.9 Å². The summed E-state index contributed by atoms with van der Waals surface area (Å²) in [5.74, 6) is 0. The van der Waals surface area contributed by atoms with Crippen molar-refractivity contribution < 1.29 is 8.42 Å². The van der Waals surface area contributed by atoms with E-state index in [1.165, 1.54) is 13.1 Å². The number of nitrogens with one attached hydrogen (secondary N) is 1. The lowest BCUT2D eigenvalue weighted by molar-refractivity contribution is 0.373. The third-order valence-electron chi connectivity index (χ3n) is 3.39. The summed E-state index contributed by atoms with van der Waals surface area (Å²) in [4.78, 5) is 4.47. The van der Waals surface area contributed by atoms with Crippen molar-refractivity contribution in [2.24, 2.45) is 0 Å². The number of sulfonamides is 1. The zero-order valence-corrected chi connectivity index (χ0v) is 14.2. The van der Waals surface area contributed by atoms with Gasteiger partial charge in [-0.05, 0) is 53.2 Å². The Morgan fingerprint density at radius 3 is 2.38 bits per heavy atom. The van der Waals surface area contributed by atoms with Crippen LogP contribution in [0, 0.1) is 0 Å². The summed E-state index contributed by atoms with van der Waals surface area (Å²) < 4.78 is 25.9. The Labute approximate surface area is 128 Å². The second kappa shape index (κ2) is 7.11. The average Bonchev–Trinajstić information content (AvgIpc) is 2.40. The highest BCUT2D eigenvalue weighted by atomic mass is 32.2. The van der Waals surface area contributed by atoms with E-state index in [0.29, 0.717) is 5.69 Å². The van der Waals surface area contributed by atoms with Gasteiger partial charge in [-0.2, -0.15) is 0 Å². The van der Waals surface area contributed by atoms with Crippen LogP contribution >= 0.6 is 0 Å². The van der Waals surface area contributed by atoms with E-state index >= 15 is 0 Å². The van der Waals surface area contributed by atoms with Crippen molar-refractivity contribution in [1.29, 1.82) is 0 Å². The van der Waals surface area contributed by atoms with Crippen molar-refractivity contribution >= 4 is 21.4 Å². The molecule has 1 rings (SSSR count). The summed E-state index contributed by atoms with van der Waals surface area (Å²) in [6.45, 7) is 5.88. The van der Waals surface area contributed by atoms with Crippen LogP contribution in [0.5, 0.6) is 0 Å². The molecule has 120 valence electrons. The molecule has 1 atom stereocenters. The summed E-state index contributed by atoms with van der Waals surface area (Å²) in [6.07, 6.45) is 0. The van der Waals surface area contributed by atoms with E-state index in [2.05, 4.69) is 28.4 Å². The van der Waals surface area contributed by atoms with E-state index in [0.717, 1.165) is 18.8 Å². The van der Waals surface area contributed by atoms with Gasteiger partial charge in [0.15, 0.2) is 0 Å². The first-order valence-electron chi connectivity index (χ1n) is 6.97. The van der Waals surface area contributed by atoms with Gasteiger partial charge in [-0.25, -0.2) is 13.1 Å². The number of hydrogen-bond acceptors (Lipinski definition) is 5. The lowest BCUT2D eigenvalue weighted by Gasteiger charge is -2.33. The van der Waals surface area contributed by atoms with Crippen molar-refractivity contribution in [3.8, 4) is 0 Å². The van der Waals surface area contributed by atoms with Gasteiger partial charge in [0.2, 0.25) is 10.0 Å². The van der Waals surface area contributed by atoms with Gasteiger partial charge in [-0.15, -0.1) is 0 Å². The van der Waals surface area contributed by atoms with Crippen LogP contribution in [-0.4, -0.2) is 53.6 Å². The summed E-state index contributed by atoms with van der Waals surface area (Å²) >= 11 is 0. The molecule has 0 heterocycles. The molecule has 1 aromatic rings. The topological polar surface area (TPSA) is 78.7 Å². The van der Waals surface area contributed by atoms with Crippen molar-refractivity contribution in [3.05, 3.63) is 18.2 Å². The van der Waals surface area contributed by atoms with Crippen molar-refractivity contribution in [3.63, 3.8) is 0 Å². The van der Waals surface area contributed by atoms with Crippen molar-refractivity contribution in [1.82, 2.24) is 9.62 Å². The van der Waals surface area contributed by atoms with E-state index in [4.69, 9.17) is 5.73 Å². The fourth-order valence-corrected chi connectivity index (χ4v) is 3.19. The Morgan fingerprint density at radius 2 is 1.95 bits per heavy atom. The molecule has 1 aromatic carbocycles. The van der Waals surface area contributed by atoms with Crippen LogP contribution < -0.4 is 15.4 Å². The summed E-state index contributed by atoms with van der Waals surface area (Å²) in [5, 5.41) is 0. The summed E-state index contributed by atoms with van der Waals surface area (Å²) in [7, 11) is 1.97. The fraction of sp³-hybridized carbons (Fsp3) is 0.571. The first-order valence-corrected chi connectivity index (χ1v) is 8.45. The predicted octanol–water partition coefficient (Wildman–Crippen LogP) is 0.953. The monoisotopic (exact) mass is 314 g/mol. The predicted molar refractivity (Wildman–Crippen MR) is 88.1 cm³/mol. The number of likely N-dealkylation sites (N-methyl/N-ethyl adjacent to an activating group) is 2. The van der Waals surface area contributed by atoms with Crippen LogP contribution in [0.4, 0.5) is 11.4 Å². The van der Waals surface area contributed by atoms with Crippen LogP contribution in [0.3, 0.4) is 0 Å². The van der Waals surface area contributed by atoms with Crippen LogP contribution in [0.2, 0.25) is 0 Å². The summed E-state index contributed by atoms with van der Waals surface area (Å²) in [6, 6.07) is 5.14. The molecule has 0 amide bonds. The molecule has 0 aliphatic rings. The molecule has 1 unspecified atom stereocenters. The molecule has 3 N–H and O–H groups in total. The van der Waals surface area contributed by atoms with E-state index in [1.807, 2.05) is 14.1 Å². The lowest BCUT2D eigenvalue weighted by atomic mass is 10.2. The lowest BCUT2D eigenvalue weighted by Crippen LogP contribution is -2.40. The standard InChI is InChI=1S/C14H26N4O2S/c1-6-18(11(2)10-17(4)5)14-8-7-12(9-13(14)15)21(19,20)16-3/h7-9,11,16H,6,10,15H2,1-5H3. The van der Waals surface area contributed by atoms with E-state index in [1.54, 1.807) is 12.1 Å². The van der Waals surface area contributed by atoms with E-state index < -0.39 is 10.0 Å². The Hall–Kier alpha value is -1.31. The average molecular weight is 314 g/mol. The number of benzene rings is 1. The van der Waals surface area contributed by atoms with Crippen LogP contribution in [-0.2, 0) is 10.0 Å². The molecule has 0 aliphatic heterocycles. The minimum atomic E-state index is -3.47. The molecule has 0 aliphatic carbocycles. The van der Waals surface area contributed by atoms with Gasteiger partial charge in [0, 0.05) is 19.1 Å². The van der Waals surface area contributed by atoms with Gasteiger partial charge in [0.1, 0.15) is 0 Å². The zero-order chi connectivity index (χ0) is 16.2.